The Balaban J connectivity index is 1.68. The van der Waals surface area contributed by atoms with Gasteiger partial charge in [0.25, 0.3) is 0 Å². The summed E-state index contributed by atoms with van der Waals surface area (Å²) in [6.07, 6.45) is 8.87. The van der Waals surface area contributed by atoms with Gasteiger partial charge in [0.05, 0.1) is 23.9 Å². The summed E-state index contributed by atoms with van der Waals surface area (Å²) in [6, 6.07) is 0.185. The lowest BCUT2D eigenvalue weighted by Crippen LogP contribution is -2.27. The molecule has 2 N–H and O–H groups in total. The Hall–Kier alpha value is -0.870. The lowest BCUT2D eigenvalue weighted by atomic mass is 9.98. The van der Waals surface area contributed by atoms with E-state index in [0.717, 1.165) is 18.7 Å². The first-order chi connectivity index (χ1) is 9.99. The van der Waals surface area contributed by atoms with E-state index in [2.05, 4.69) is 25.5 Å². The highest BCUT2D eigenvalue weighted by Crippen LogP contribution is 2.43. The van der Waals surface area contributed by atoms with Crippen molar-refractivity contribution in [3.8, 4) is 0 Å². The third-order valence-electron chi connectivity index (χ3n) is 5.29. The molecule has 1 aliphatic heterocycles. The predicted octanol–water partition coefficient (Wildman–Crippen LogP) is 2.88. The molecule has 4 heteroatoms. The van der Waals surface area contributed by atoms with Crippen LogP contribution in [0.3, 0.4) is 0 Å². The Morgan fingerprint density at radius 2 is 2.05 bits per heavy atom. The Morgan fingerprint density at radius 1 is 1.33 bits per heavy atom. The normalized spacial score (nSPS) is 25.8. The summed E-state index contributed by atoms with van der Waals surface area (Å²) in [5, 5.41) is 4.72. The molecule has 2 atom stereocenters. The first kappa shape index (κ1) is 15.0. The fourth-order valence-corrected chi connectivity index (χ4v) is 4.13. The molecule has 2 heterocycles. The van der Waals surface area contributed by atoms with Crippen LogP contribution in [0.4, 0.5) is 0 Å². The van der Waals surface area contributed by atoms with Gasteiger partial charge in [-0.3, -0.25) is 4.68 Å². The highest BCUT2D eigenvalue weighted by Gasteiger charge is 2.42. The van der Waals surface area contributed by atoms with E-state index < -0.39 is 0 Å². The SMILES string of the molecule is Cc1nn(CC2CCC3(CCCC3)O2)c(C)c1CC(C)N. The molecule has 118 valence electrons. The van der Waals surface area contributed by atoms with E-state index in [9.17, 15) is 0 Å². The first-order valence-electron chi connectivity index (χ1n) is 8.45. The lowest BCUT2D eigenvalue weighted by Gasteiger charge is -2.24. The third-order valence-corrected chi connectivity index (χ3v) is 5.29. The second kappa shape index (κ2) is 5.73. The van der Waals surface area contributed by atoms with Crippen molar-refractivity contribution < 1.29 is 4.74 Å². The smallest absolute Gasteiger partial charge is 0.0779 e. The number of hydrogen-bond acceptors (Lipinski definition) is 3. The van der Waals surface area contributed by atoms with Gasteiger partial charge in [0.2, 0.25) is 0 Å². The Kier molecular flexibility index (Phi) is 4.10. The van der Waals surface area contributed by atoms with Crippen molar-refractivity contribution in [3.63, 3.8) is 0 Å². The molecule has 1 saturated heterocycles. The number of nitrogens with zero attached hydrogens (tertiary/aromatic N) is 2. The van der Waals surface area contributed by atoms with Crippen LogP contribution < -0.4 is 5.73 Å². The molecule has 0 bridgehead atoms. The van der Waals surface area contributed by atoms with E-state index in [0.29, 0.717) is 6.10 Å². The molecule has 1 saturated carbocycles. The second-order valence-corrected chi connectivity index (χ2v) is 7.18. The Bertz CT molecular complexity index is 500. The molecule has 1 aliphatic carbocycles. The van der Waals surface area contributed by atoms with Gasteiger partial charge in [-0.25, -0.2) is 0 Å². The minimum Gasteiger partial charge on any atom is -0.370 e. The van der Waals surface area contributed by atoms with Crippen molar-refractivity contribution in [1.29, 1.82) is 0 Å². The topological polar surface area (TPSA) is 53.1 Å². The van der Waals surface area contributed by atoms with E-state index in [1.807, 2.05) is 0 Å². The van der Waals surface area contributed by atoms with Gasteiger partial charge in [-0.15, -0.1) is 0 Å². The fraction of sp³-hybridized carbons (Fsp3) is 0.824. The fourth-order valence-electron chi connectivity index (χ4n) is 4.13. The summed E-state index contributed by atoms with van der Waals surface area (Å²) in [5.41, 5.74) is 9.88. The van der Waals surface area contributed by atoms with Gasteiger partial charge in [0.15, 0.2) is 0 Å². The third kappa shape index (κ3) is 3.02. The maximum atomic E-state index is 6.41. The van der Waals surface area contributed by atoms with Crippen LogP contribution in [-0.2, 0) is 17.7 Å². The van der Waals surface area contributed by atoms with E-state index in [-0.39, 0.29) is 11.6 Å². The van der Waals surface area contributed by atoms with Crippen molar-refractivity contribution >= 4 is 0 Å². The van der Waals surface area contributed by atoms with Crippen LogP contribution in [0, 0.1) is 13.8 Å². The van der Waals surface area contributed by atoms with Gasteiger partial charge >= 0.3 is 0 Å². The lowest BCUT2D eigenvalue weighted by molar-refractivity contribution is -0.0431. The van der Waals surface area contributed by atoms with Gasteiger partial charge in [0.1, 0.15) is 0 Å². The Labute approximate surface area is 128 Å². The van der Waals surface area contributed by atoms with E-state index in [1.54, 1.807) is 0 Å². The molecule has 2 fully saturated rings. The summed E-state index contributed by atoms with van der Waals surface area (Å²) in [7, 11) is 0. The number of hydrogen-bond donors (Lipinski definition) is 1. The number of aromatic nitrogens is 2. The van der Waals surface area contributed by atoms with Gasteiger partial charge in [-0.05, 0) is 58.4 Å². The van der Waals surface area contributed by atoms with Gasteiger partial charge in [0, 0.05) is 11.7 Å². The summed E-state index contributed by atoms with van der Waals surface area (Å²) in [5.74, 6) is 0. The van der Waals surface area contributed by atoms with E-state index in [4.69, 9.17) is 15.6 Å². The molecule has 2 aliphatic rings. The van der Waals surface area contributed by atoms with Crippen molar-refractivity contribution in [1.82, 2.24) is 9.78 Å². The highest BCUT2D eigenvalue weighted by atomic mass is 16.5. The van der Waals surface area contributed by atoms with Crippen LogP contribution >= 0.6 is 0 Å². The van der Waals surface area contributed by atoms with Crippen LogP contribution in [0.25, 0.3) is 0 Å². The zero-order chi connectivity index (χ0) is 15.0. The standard InChI is InChI=1S/C17H29N3O/c1-12(18)10-16-13(2)19-20(14(16)3)11-15-6-9-17(21-15)7-4-5-8-17/h12,15H,4-11,18H2,1-3H3. The zero-order valence-electron chi connectivity index (χ0n) is 13.7. The summed E-state index contributed by atoms with van der Waals surface area (Å²) >= 11 is 0. The van der Waals surface area contributed by atoms with Crippen molar-refractivity contribution in [2.45, 2.75) is 90.0 Å². The second-order valence-electron chi connectivity index (χ2n) is 7.18. The summed E-state index contributed by atoms with van der Waals surface area (Å²) in [4.78, 5) is 0. The number of ether oxygens (including phenoxy) is 1. The van der Waals surface area contributed by atoms with Crippen molar-refractivity contribution in [2.75, 3.05) is 0 Å². The van der Waals surface area contributed by atoms with Crippen LogP contribution in [-0.4, -0.2) is 27.5 Å². The average molecular weight is 291 g/mol. The molecule has 21 heavy (non-hydrogen) atoms. The highest BCUT2D eigenvalue weighted by molar-refractivity contribution is 5.25. The molecular weight excluding hydrogens is 262 g/mol. The quantitative estimate of drug-likeness (QED) is 0.928. The van der Waals surface area contributed by atoms with Crippen LogP contribution in [0.5, 0.6) is 0 Å². The molecule has 3 rings (SSSR count). The molecule has 0 amide bonds. The van der Waals surface area contributed by atoms with Crippen LogP contribution in [0.1, 0.15) is 62.4 Å². The first-order valence-corrected chi connectivity index (χ1v) is 8.45. The Morgan fingerprint density at radius 3 is 2.71 bits per heavy atom. The molecular formula is C17H29N3O. The average Bonchev–Trinajstić information content (AvgIpc) is 3.10. The van der Waals surface area contributed by atoms with Crippen LogP contribution in [0.2, 0.25) is 0 Å². The molecule has 1 aromatic heterocycles. The molecule has 0 radical (unpaired) electrons. The van der Waals surface area contributed by atoms with Crippen molar-refractivity contribution in [2.24, 2.45) is 5.73 Å². The minimum atomic E-state index is 0.185. The molecule has 0 aromatic carbocycles. The molecule has 4 nitrogen and oxygen atoms in total. The number of rotatable bonds is 4. The minimum absolute atomic E-state index is 0.185. The van der Waals surface area contributed by atoms with Gasteiger partial charge in [-0.1, -0.05) is 12.8 Å². The maximum Gasteiger partial charge on any atom is 0.0779 e. The molecule has 1 aromatic rings. The van der Waals surface area contributed by atoms with Gasteiger partial charge in [-0.2, -0.15) is 5.10 Å². The monoisotopic (exact) mass is 291 g/mol. The number of nitrogens with two attached hydrogens (primary N) is 1. The zero-order valence-corrected chi connectivity index (χ0v) is 13.7. The number of aryl methyl sites for hydroxylation is 1. The van der Waals surface area contributed by atoms with E-state index >= 15 is 0 Å². The molecule has 2 unspecified atom stereocenters. The van der Waals surface area contributed by atoms with E-state index in [1.165, 1.54) is 49.8 Å². The van der Waals surface area contributed by atoms with Crippen LogP contribution in [0.15, 0.2) is 0 Å². The predicted molar refractivity (Wildman–Crippen MR) is 84.4 cm³/mol. The largest absolute Gasteiger partial charge is 0.370 e. The summed E-state index contributed by atoms with van der Waals surface area (Å²) < 4.78 is 8.56. The molecule has 1 spiro atoms. The van der Waals surface area contributed by atoms with Crippen molar-refractivity contribution in [3.05, 3.63) is 17.0 Å². The maximum absolute atomic E-state index is 6.41. The van der Waals surface area contributed by atoms with Gasteiger partial charge < -0.3 is 10.5 Å². The summed E-state index contributed by atoms with van der Waals surface area (Å²) in [6.45, 7) is 7.21.